The summed E-state index contributed by atoms with van der Waals surface area (Å²) in [6.45, 7) is 1.91. The first-order valence-electron chi connectivity index (χ1n) is 6.27. The van der Waals surface area contributed by atoms with Crippen molar-refractivity contribution in [3.63, 3.8) is 0 Å². The highest BCUT2D eigenvalue weighted by Crippen LogP contribution is 2.39. The van der Waals surface area contributed by atoms with Gasteiger partial charge in [-0.15, -0.1) is 0 Å². The second-order valence-electron chi connectivity index (χ2n) is 4.80. The highest BCUT2D eigenvalue weighted by atomic mass is 32.2. The van der Waals surface area contributed by atoms with Gasteiger partial charge in [-0.2, -0.15) is 5.26 Å². The fourth-order valence-electron chi connectivity index (χ4n) is 2.42. The third-order valence-electron chi connectivity index (χ3n) is 3.44. The number of hydrogen-bond donors (Lipinski definition) is 1. The van der Waals surface area contributed by atoms with Gasteiger partial charge >= 0.3 is 0 Å². The van der Waals surface area contributed by atoms with Crippen LogP contribution in [-0.2, 0) is 0 Å². The molecule has 1 aromatic heterocycles. The molecule has 0 radical (unpaired) electrons. The van der Waals surface area contributed by atoms with Crippen LogP contribution in [0.4, 0.5) is 4.39 Å². The zero-order valence-electron chi connectivity index (χ0n) is 10.9. The quantitative estimate of drug-likeness (QED) is 0.922. The molecule has 0 saturated heterocycles. The van der Waals surface area contributed by atoms with Crippen LogP contribution in [0.3, 0.4) is 0 Å². The molecular formula is C14H13FN4S. The maximum Gasteiger partial charge on any atom is 0.168 e. The predicted molar refractivity (Wildman–Crippen MR) is 74.8 cm³/mol. The standard InChI is InChI=1S/C14H13FN4S/c1-8(17)12-6-18-14-19(12)13(7-20-14)9-2-3-10(5-16)11(15)4-9/h2-4,6,8,13H,7,17H2,1H3. The lowest BCUT2D eigenvalue weighted by molar-refractivity contribution is 0.557. The van der Waals surface area contributed by atoms with Gasteiger partial charge in [0, 0.05) is 11.8 Å². The molecule has 2 atom stereocenters. The summed E-state index contributed by atoms with van der Waals surface area (Å²) < 4.78 is 15.9. The molecule has 102 valence electrons. The van der Waals surface area contributed by atoms with Crippen LogP contribution in [0.2, 0.25) is 0 Å². The van der Waals surface area contributed by atoms with Gasteiger partial charge in [0.1, 0.15) is 11.9 Å². The number of halogens is 1. The summed E-state index contributed by atoms with van der Waals surface area (Å²) in [6, 6.07) is 6.48. The molecule has 0 fully saturated rings. The maximum absolute atomic E-state index is 13.8. The molecule has 0 amide bonds. The molecule has 2 aromatic rings. The van der Waals surface area contributed by atoms with E-state index in [1.807, 2.05) is 13.0 Å². The zero-order chi connectivity index (χ0) is 14.3. The number of imidazole rings is 1. The summed E-state index contributed by atoms with van der Waals surface area (Å²) >= 11 is 1.63. The molecule has 0 bridgehead atoms. The van der Waals surface area contributed by atoms with Crippen molar-refractivity contribution in [3.8, 4) is 6.07 Å². The Balaban J connectivity index is 2.05. The van der Waals surface area contributed by atoms with E-state index in [2.05, 4.69) is 9.55 Å². The van der Waals surface area contributed by atoms with Gasteiger partial charge in [-0.05, 0) is 24.6 Å². The van der Waals surface area contributed by atoms with Crippen LogP contribution in [0.1, 0.15) is 35.8 Å². The molecule has 0 aliphatic carbocycles. The highest BCUT2D eigenvalue weighted by molar-refractivity contribution is 7.99. The molecular weight excluding hydrogens is 275 g/mol. The lowest BCUT2D eigenvalue weighted by atomic mass is 10.0. The Morgan fingerprint density at radius 3 is 3.05 bits per heavy atom. The Labute approximate surface area is 120 Å². The molecule has 2 N–H and O–H groups in total. The monoisotopic (exact) mass is 288 g/mol. The maximum atomic E-state index is 13.8. The highest BCUT2D eigenvalue weighted by Gasteiger charge is 2.29. The molecule has 6 heteroatoms. The average molecular weight is 288 g/mol. The topological polar surface area (TPSA) is 67.6 Å². The first kappa shape index (κ1) is 13.2. The van der Waals surface area contributed by atoms with E-state index in [-0.39, 0.29) is 17.6 Å². The molecule has 2 heterocycles. The van der Waals surface area contributed by atoms with Crippen molar-refractivity contribution in [2.45, 2.75) is 24.2 Å². The molecule has 4 nitrogen and oxygen atoms in total. The third-order valence-corrected chi connectivity index (χ3v) is 4.48. The second-order valence-corrected chi connectivity index (χ2v) is 5.79. The predicted octanol–water partition coefficient (Wildman–Crippen LogP) is 2.61. The van der Waals surface area contributed by atoms with Crippen LogP contribution in [0.5, 0.6) is 0 Å². The normalized spacial score (nSPS) is 18.6. The molecule has 0 spiro atoms. The molecule has 1 aliphatic rings. The van der Waals surface area contributed by atoms with E-state index in [4.69, 9.17) is 11.0 Å². The van der Waals surface area contributed by atoms with Crippen LogP contribution < -0.4 is 5.73 Å². The van der Waals surface area contributed by atoms with E-state index in [9.17, 15) is 4.39 Å². The van der Waals surface area contributed by atoms with Crippen LogP contribution in [0.25, 0.3) is 0 Å². The minimum atomic E-state index is -0.481. The zero-order valence-corrected chi connectivity index (χ0v) is 11.7. The van der Waals surface area contributed by atoms with E-state index < -0.39 is 5.82 Å². The molecule has 20 heavy (non-hydrogen) atoms. The molecule has 3 rings (SSSR count). The second kappa shape index (κ2) is 4.93. The van der Waals surface area contributed by atoms with Gasteiger partial charge in [0.05, 0.1) is 23.5 Å². The first-order chi connectivity index (χ1) is 9.61. The molecule has 0 saturated carbocycles. The fourth-order valence-corrected chi connectivity index (χ4v) is 3.56. The Hall–Kier alpha value is -1.84. The van der Waals surface area contributed by atoms with Crippen molar-refractivity contribution < 1.29 is 4.39 Å². The number of nitriles is 1. The van der Waals surface area contributed by atoms with E-state index in [1.165, 1.54) is 12.1 Å². The molecule has 1 aromatic carbocycles. The fraction of sp³-hybridized carbons (Fsp3) is 0.286. The largest absolute Gasteiger partial charge is 0.323 e. The van der Waals surface area contributed by atoms with Crippen LogP contribution in [0.15, 0.2) is 29.6 Å². The van der Waals surface area contributed by atoms with E-state index in [0.717, 1.165) is 22.2 Å². The van der Waals surface area contributed by atoms with Crippen LogP contribution in [0, 0.1) is 17.1 Å². The summed E-state index contributed by atoms with van der Waals surface area (Å²) in [5, 5.41) is 9.70. The Morgan fingerprint density at radius 1 is 1.60 bits per heavy atom. The van der Waals surface area contributed by atoms with Gasteiger partial charge in [0.2, 0.25) is 0 Å². The van der Waals surface area contributed by atoms with E-state index in [1.54, 1.807) is 24.0 Å². The smallest absolute Gasteiger partial charge is 0.168 e. The van der Waals surface area contributed by atoms with Gasteiger partial charge in [-0.25, -0.2) is 9.37 Å². The number of hydrogen-bond acceptors (Lipinski definition) is 4. The van der Waals surface area contributed by atoms with Gasteiger partial charge < -0.3 is 10.3 Å². The number of fused-ring (bicyclic) bond motifs is 1. The van der Waals surface area contributed by atoms with E-state index in [0.29, 0.717) is 0 Å². The summed E-state index contributed by atoms with van der Waals surface area (Å²) in [5.41, 5.74) is 7.81. The first-order valence-corrected chi connectivity index (χ1v) is 7.25. The number of benzene rings is 1. The van der Waals surface area contributed by atoms with E-state index >= 15 is 0 Å². The Bertz CT molecular complexity index is 702. The van der Waals surface area contributed by atoms with Crippen molar-refractivity contribution in [1.29, 1.82) is 5.26 Å². The molecule has 2 unspecified atom stereocenters. The Morgan fingerprint density at radius 2 is 2.40 bits per heavy atom. The van der Waals surface area contributed by atoms with Gasteiger partial charge in [-0.1, -0.05) is 17.8 Å². The number of thioether (sulfide) groups is 1. The summed E-state index contributed by atoms with van der Waals surface area (Å²) in [6.07, 6.45) is 1.78. The third kappa shape index (κ3) is 1.99. The lowest BCUT2D eigenvalue weighted by Gasteiger charge is -2.18. The van der Waals surface area contributed by atoms with Crippen molar-refractivity contribution in [2.75, 3.05) is 5.75 Å². The Kier molecular flexibility index (Phi) is 3.24. The number of nitrogens with zero attached hydrogens (tertiary/aromatic N) is 3. The van der Waals surface area contributed by atoms with Gasteiger partial charge in [-0.3, -0.25) is 0 Å². The minimum Gasteiger partial charge on any atom is -0.323 e. The molecule has 1 aliphatic heterocycles. The minimum absolute atomic E-state index is 0.0146. The van der Waals surface area contributed by atoms with Crippen molar-refractivity contribution >= 4 is 11.8 Å². The summed E-state index contributed by atoms with van der Waals surface area (Å²) in [7, 11) is 0. The van der Waals surface area contributed by atoms with Gasteiger partial charge in [0.25, 0.3) is 0 Å². The summed E-state index contributed by atoms with van der Waals surface area (Å²) in [4.78, 5) is 4.35. The number of rotatable bonds is 2. The van der Waals surface area contributed by atoms with Crippen molar-refractivity contribution in [2.24, 2.45) is 5.73 Å². The number of nitrogens with two attached hydrogens (primary N) is 1. The van der Waals surface area contributed by atoms with Gasteiger partial charge in [0.15, 0.2) is 5.16 Å². The summed E-state index contributed by atoms with van der Waals surface area (Å²) in [5.74, 6) is 0.319. The van der Waals surface area contributed by atoms with Crippen LogP contribution >= 0.6 is 11.8 Å². The lowest BCUT2D eigenvalue weighted by Crippen LogP contribution is -2.16. The SMILES string of the molecule is CC(N)c1cnc2n1C(c1ccc(C#N)c(F)c1)CS2. The van der Waals surface area contributed by atoms with Crippen molar-refractivity contribution in [3.05, 3.63) is 47.0 Å². The van der Waals surface area contributed by atoms with Crippen molar-refractivity contribution in [1.82, 2.24) is 9.55 Å². The number of aromatic nitrogens is 2. The van der Waals surface area contributed by atoms with Crippen LogP contribution in [-0.4, -0.2) is 15.3 Å². The average Bonchev–Trinajstić information content (AvgIpc) is 2.99.